The number of nitro benzene ring substituents is 1. The number of rotatable bonds is 4. The van der Waals surface area contributed by atoms with Crippen molar-refractivity contribution < 1.29 is 4.92 Å². The third kappa shape index (κ3) is 2.93. The molecule has 2 heterocycles. The van der Waals surface area contributed by atoms with Crippen LogP contribution in [0.5, 0.6) is 0 Å². The van der Waals surface area contributed by atoms with Crippen molar-refractivity contribution in [3.05, 3.63) is 105 Å². The van der Waals surface area contributed by atoms with E-state index in [4.69, 9.17) is 0 Å². The third-order valence-corrected chi connectivity index (χ3v) is 5.19. The van der Waals surface area contributed by atoms with Crippen molar-refractivity contribution in [2.24, 2.45) is 0 Å². The summed E-state index contributed by atoms with van der Waals surface area (Å²) in [5.74, 6) is 0.469. The van der Waals surface area contributed by atoms with Crippen molar-refractivity contribution in [1.82, 2.24) is 14.5 Å². The molecule has 0 aliphatic rings. The molecule has 5 rings (SSSR count). The average molecular weight is 396 g/mol. The Morgan fingerprint density at radius 1 is 0.933 bits per heavy atom. The first-order valence-corrected chi connectivity index (χ1v) is 9.41. The molecule has 0 aliphatic carbocycles. The molecule has 0 spiro atoms. The fourth-order valence-corrected chi connectivity index (χ4v) is 3.79. The zero-order valence-electron chi connectivity index (χ0n) is 15.8. The van der Waals surface area contributed by atoms with Gasteiger partial charge in [0.05, 0.1) is 22.4 Å². The van der Waals surface area contributed by atoms with E-state index in [-0.39, 0.29) is 16.2 Å². The van der Waals surface area contributed by atoms with Crippen LogP contribution < -0.4 is 5.56 Å². The number of nitrogens with one attached hydrogen (secondary N) is 1. The molecule has 0 amide bonds. The van der Waals surface area contributed by atoms with Crippen LogP contribution in [0.25, 0.3) is 33.2 Å². The standard InChI is InChI=1S/C23H16N4O3/c28-23-17-9-2-4-10-19(17)24-22(25-23)18-14-26(21-12-6-3-8-16(18)21)13-15-7-1-5-11-20(15)27(29)30/h1-12,14H,13H2,(H,24,25,28). The highest BCUT2D eigenvalue weighted by molar-refractivity contribution is 5.95. The largest absolute Gasteiger partial charge is 0.342 e. The average Bonchev–Trinajstić information content (AvgIpc) is 3.12. The molecule has 0 bridgehead atoms. The highest BCUT2D eigenvalue weighted by Gasteiger charge is 2.17. The highest BCUT2D eigenvalue weighted by Crippen LogP contribution is 2.30. The number of nitrogens with zero attached hydrogens (tertiary/aromatic N) is 3. The van der Waals surface area contributed by atoms with Crippen LogP contribution in [0.2, 0.25) is 0 Å². The van der Waals surface area contributed by atoms with Crippen LogP contribution in [0.3, 0.4) is 0 Å². The van der Waals surface area contributed by atoms with E-state index >= 15 is 0 Å². The fraction of sp³-hybridized carbons (Fsp3) is 0.0435. The Kier molecular flexibility index (Phi) is 4.14. The van der Waals surface area contributed by atoms with Gasteiger partial charge in [-0.2, -0.15) is 0 Å². The lowest BCUT2D eigenvalue weighted by molar-refractivity contribution is -0.385. The summed E-state index contributed by atoms with van der Waals surface area (Å²) in [6, 6.07) is 21.6. The third-order valence-electron chi connectivity index (χ3n) is 5.19. The molecule has 0 aliphatic heterocycles. The molecule has 3 aromatic carbocycles. The summed E-state index contributed by atoms with van der Waals surface area (Å²) in [5, 5.41) is 12.9. The number of nitro groups is 1. The summed E-state index contributed by atoms with van der Waals surface area (Å²) < 4.78 is 1.95. The van der Waals surface area contributed by atoms with E-state index in [1.807, 2.05) is 41.1 Å². The van der Waals surface area contributed by atoms with E-state index in [0.29, 0.717) is 28.8 Å². The van der Waals surface area contributed by atoms with Crippen LogP contribution in [-0.4, -0.2) is 19.5 Å². The summed E-state index contributed by atoms with van der Waals surface area (Å²) in [6.07, 6.45) is 1.88. The van der Waals surface area contributed by atoms with Gasteiger partial charge in [0, 0.05) is 34.3 Å². The molecule has 30 heavy (non-hydrogen) atoms. The van der Waals surface area contributed by atoms with Crippen molar-refractivity contribution >= 4 is 27.5 Å². The molecule has 5 aromatic rings. The van der Waals surface area contributed by atoms with Crippen molar-refractivity contribution in [2.45, 2.75) is 6.54 Å². The van der Waals surface area contributed by atoms with Gasteiger partial charge in [-0.05, 0) is 18.2 Å². The van der Waals surface area contributed by atoms with E-state index < -0.39 is 0 Å². The van der Waals surface area contributed by atoms with Gasteiger partial charge in [0.1, 0.15) is 5.82 Å². The summed E-state index contributed by atoms with van der Waals surface area (Å²) >= 11 is 0. The van der Waals surface area contributed by atoms with Gasteiger partial charge in [-0.1, -0.05) is 48.5 Å². The van der Waals surface area contributed by atoms with E-state index in [1.54, 1.807) is 36.4 Å². The number of aromatic amines is 1. The maximum atomic E-state index is 12.5. The van der Waals surface area contributed by atoms with Gasteiger partial charge in [0.15, 0.2) is 0 Å². The van der Waals surface area contributed by atoms with Crippen LogP contribution in [-0.2, 0) is 6.54 Å². The molecule has 146 valence electrons. The van der Waals surface area contributed by atoms with Crippen LogP contribution >= 0.6 is 0 Å². The van der Waals surface area contributed by atoms with Gasteiger partial charge in [-0.15, -0.1) is 0 Å². The van der Waals surface area contributed by atoms with Crippen molar-refractivity contribution in [3.8, 4) is 11.4 Å². The molecule has 1 N–H and O–H groups in total. The Hall–Kier alpha value is -4.26. The summed E-state index contributed by atoms with van der Waals surface area (Å²) in [7, 11) is 0. The Morgan fingerprint density at radius 2 is 1.63 bits per heavy atom. The molecular weight excluding hydrogens is 380 g/mol. The van der Waals surface area contributed by atoms with Gasteiger partial charge in [0.25, 0.3) is 11.2 Å². The van der Waals surface area contributed by atoms with Crippen molar-refractivity contribution in [2.75, 3.05) is 0 Å². The Labute approximate surface area is 170 Å². The Balaban J connectivity index is 1.69. The molecule has 0 saturated heterocycles. The number of H-pyrrole nitrogens is 1. The van der Waals surface area contributed by atoms with Crippen LogP contribution in [0.15, 0.2) is 83.8 Å². The SMILES string of the molecule is O=c1[nH]c(-c2cn(Cc3ccccc3[N+](=O)[O-])c3ccccc23)nc2ccccc12. The van der Waals surface area contributed by atoms with Gasteiger partial charge in [-0.25, -0.2) is 4.98 Å². The molecule has 0 unspecified atom stereocenters. The maximum absolute atomic E-state index is 12.5. The molecule has 7 nitrogen and oxygen atoms in total. The Bertz CT molecular complexity index is 1480. The number of para-hydroxylation sites is 3. The number of benzene rings is 3. The van der Waals surface area contributed by atoms with E-state index in [2.05, 4.69) is 9.97 Å². The smallest absolute Gasteiger partial charge is 0.274 e. The predicted octanol–water partition coefficient (Wildman–Crippen LogP) is 4.50. The van der Waals surface area contributed by atoms with Gasteiger partial charge >= 0.3 is 0 Å². The zero-order chi connectivity index (χ0) is 20.7. The van der Waals surface area contributed by atoms with E-state index in [0.717, 1.165) is 16.5 Å². The minimum atomic E-state index is -0.371. The molecule has 2 aromatic heterocycles. The molecule has 0 fully saturated rings. The van der Waals surface area contributed by atoms with Crippen molar-refractivity contribution in [3.63, 3.8) is 0 Å². The second-order valence-electron chi connectivity index (χ2n) is 7.01. The summed E-state index contributed by atoms with van der Waals surface area (Å²) in [6.45, 7) is 0.329. The lowest BCUT2D eigenvalue weighted by atomic mass is 10.1. The first-order chi connectivity index (χ1) is 14.6. The lowest BCUT2D eigenvalue weighted by Crippen LogP contribution is -2.09. The fourth-order valence-electron chi connectivity index (χ4n) is 3.79. The van der Waals surface area contributed by atoms with Crippen LogP contribution in [0.4, 0.5) is 5.69 Å². The topological polar surface area (TPSA) is 93.8 Å². The number of aromatic nitrogens is 3. The second-order valence-corrected chi connectivity index (χ2v) is 7.01. The number of hydrogen-bond donors (Lipinski definition) is 1. The van der Waals surface area contributed by atoms with Gasteiger partial charge in [-0.3, -0.25) is 14.9 Å². The minimum Gasteiger partial charge on any atom is -0.342 e. The van der Waals surface area contributed by atoms with Crippen LogP contribution in [0, 0.1) is 10.1 Å². The van der Waals surface area contributed by atoms with Crippen LogP contribution in [0.1, 0.15) is 5.56 Å². The highest BCUT2D eigenvalue weighted by atomic mass is 16.6. The molecule has 0 radical (unpaired) electrons. The zero-order valence-corrected chi connectivity index (χ0v) is 15.8. The van der Waals surface area contributed by atoms with Crippen molar-refractivity contribution in [1.29, 1.82) is 0 Å². The first-order valence-electron chi connectivity index (χ1n) is 9.41. The molecule has 7 heteroatoms. The maximum Gasteiger partial charge on any atom is 0.274 e. The molecule has 0 saturated carbocycles. The second kappa shape index (κ2) is 6.97. The van der Waals surface area contributed by atoms with E-state index in [1.165, 1.54) is 6.07 Å². The molecular formula is C23H16N4O3. The first kappa shape index (κ1) is 17.8. The summed E-state index contributed by atoms with van der Waals surface area (Å²) in [4.78, 5) is 31.1. The van der Waals surface area contributed by atoms with E-state index in [9.17, 15) is 14.9 Å². The lowest BCUT2D eigenvalue weighted by Gasteiger charge is -2.06. The predicted molar refractivity (Wildman–Crippen MR) is 115 cm³/mol. The quantitative estimate of drug-likeness (QED) is 0.357. The Morgan fingerprint density at radius 3 is 2.47 bits per heavy atom. The molecule has 0 atom stereocenters. The normalized spacial score (nSPS) is 11.2. The number of fused-ring (bicyclic) bond motifs is 2. The van der Waals surface area contributed by atoms with Gasteiger partial charge < -0.3 is 9.55 Å². The van der Waals surface area contributed by atoms with Gasteiger partial charge in [0.2, 0.25) is 0 Å². The summed E-state index contributed by atoms with van der Waals surface area (Å²) in [5.41, 5.74) is 2.77. The monoisotopic (exact) mass is 396 g/mol. The number of hydrogen-bond acceptors (Lipinski definition) is 4. The minimum absolute atomic E-state index is 0.0778.